The van der Waals surface area contributed by atoms with Crippen LogP contribution in [0.15, 0.2) is 69.1 Å². The van der Waals surface area contributed by atoms with Crippen molar-refractivity contribution in [1.82, 2.24) is 14.6 Å². The van der Waals surface area contributed by atoms with Crippen molar-refractivity contribution in [2.75, 3.05) is 4.72 Å². The first kappa shape index (κ1) is 19.0. The van der Waals surface area contributed by atoms with Gasteiger partial charge in [-0.3, -0.25) is 19.4 Å². The number of H-pyrrole nitrogens is 2. The molecule has 0 atom stereocenters. The van der Waals surface area contributed by atoms with Crippen LogP contribution in [0.1, 0.15) is 5.56 Å². The molecule has 148 valence electrons. The fourth-order valence-electron chi connectivity index (χ4n) is 2.88. The van der Waals surface area contributed by atoms with E-state index in [-0.39, 0.29) is 16.2 Å². The molecule has 0 spiro atoms. The molecule has 0 aliphatic heterocycles. The third-order valence-electron chi connectivity index (χ3n) is 4.35. The summed E-state index contributed by atoms with van der Waals surface area (Å²) in [6.07, 6.45) is 0. The van der Waals surface area contributed by atoms with E-state index >= 15 is 0 Å². The van der Waals surface area contributed by atoms with Crippen molar-refractivity contribution in [1.29, 1.82) is 0 Å². The van der Waals surface area contributed by atoms with Crippen LogP contribution >= 0.6 is 11.6 Å². The van der Waals surface area contributed by atoms with Crippen LogP contribution in [0, 0.1) is 6.92 Å². The van der Waals surface area contributed by atoms with Crippen LogP contribution in [0.2, 0.25) is 5.02 Å². The van der Waals surface area contributed by atoms with E-state index in [4.69, 9.17) is 11.6 Å². The van der Waals surface area contributed by atoms with E-state index in [1.165, 1.54) is 18.2 Å². The highest BCUT2D eigenvalue weighted by atomic mass is 35.5. The van der Waals surface area contributed by atoms with Crippen molar-refractivity contribution in [3.8, 4) is 11.3 Å². The molecule has 0 aliphatic rings. The molecule has 2 aromatic carbocycles. The number of rotatable bonds is 4. The lowest BCUT2D eigenvalue weighted by molar-refractivity contribution is 0.601. The zero-order chi connectivity index (χ0) is 20.8. The van der Waals surface area contributed by atoms with Gasteiger partial charge in [0.1, 0.15) is 0 Å². The Morgan fingerprint density at radius 3 is 2.45 bits per heavy atom. The minimum absolute atomic E-state index is 0.00445. The number of aromatic nitrogens is 3. The second-order valence-electron chi connectivity index (χ2n) is 6.45. The number of nitrogens with one attached hydrogen (secondary N) is 3. The number of hydrogen-bond acceptors (Lipinski definition) is 4. The van der Waals surface area contributed by atoms with E-state index < -0.39 is 21.1 Å². The Bertz CT molecular complexity index is 1450. The molecule has 0 bridgehead atoms. The average Bonchev–Trinajstić information content (AvgIpc) is 2.98. The van der Waals surface area contributed by atoms with Gasteiger partial charge in [0.2, 0.25) is 0 Å². The van der Waals surface area contributed by atoms with E-state index in [0.717, 1.165) is 10.1 Å². The molecule has 0 saturated carbocycles. The lowest BCUT2D eigenvalue weighted by atomic mass is 10.1. The topological polar surface area (TPSA) is 116 Å². The van der Waals surface area contributed by atoms with Crippen molar-refractivity contribution in [3.05, 3.63) is 85.9 Å². The zero-order valence-corrected chi connectivity index (χ0v) is 16.6. The predicted octanol–water partition coefficient (Wildman–Crippen LogP) is 2.75. The summed E-state index contributed by atoms with van der Waals surface area (Å²) >= 11 is 6.01. The predicted molar refractivity (Wildman–Crippen MR) is 111 cm³/mol. The van der Waals surface area contributed by atoms with Crippen LogP contribution < -0.4 is 15.8 Å². The monoisotopic (exact) mass is 430 g/mol. The van der Waals surface area contributed by atoms with Crippen LogP contribution in [0.25, 0.3) is 16.9 Å². The van der Waals surface area contributed by atoms with Crippen molar-refractivity contribution < 1.29 is 8.42 Å². The van der Waals surface area contributed by atoms with Crippen LogP contribution in [-0.4, -0.2) is 23.0 Å². The normalized spacial score (nSPS) is 11.7. The number of aryl methyl sites for hydroxylation is 1. The smallest absolute Gasteiger partial charge is 0.291 e. The lowest BCUT2D eigenvalue weighted by Gasteiger charge is -2.08. The van der Waals surface area contributed by atoms with Crippen LogP contribution in [0.4, 0.5) is 5.69 Å². The summed E-state index contributed by atoms with van der Waals surface area (Å²) in [7, 11) is -4.04. The van der Waals surface area contributed by atoms with Crippen molar-refractivity contribution in [2.45, 2.75) is 11.8 Å². The largest absolute Gasteiger partial charge is 0.338 e. The highest BCUT2D eigenvalue weighted by Crippen LogP contribution is 2.22. The van der Waals surface area contributed by atoms with Crippen molar-refractivity contribution >= 4 is 33.0 Å². The number of halogens is 1. The summed E-state index contributed by atoms with van der Waals surface area (Å²) < 4.78 is 28.6. The number of sulfonamides is 1. The number of anilines is 1. The molecule has 0 unspecified atom stereocenters. The maximum Gasteiger partial charge on any atom is 0.291 e. The van der Waals surface area contributed by atoms with Gasteiger partial charge < -0.3 is 4.98 Å². The summed E-state index contributed by atoms with van der Waals surface area (Å²) in [4.78, 5) is 27.8. The molecule has 0 amide bonds. The Balaban J connectivity index is 1.86. The van der Waals surface area contributed by atoms with Gasteiger partial charge in [0.25, 0.3) is 21.1 Å². The number of nitrogens with zero attached hydrogens (tertiary/aromatic N) is 1. The molecule has 0 aliphatic carbocycles. The zero-order valence-electron chi connectivity index (χ0n) is 15.1. The van der Waals surface area contributed by atoms with E-state index in [2.05, 4.69) is 14.8 Å². The standard InChI is InChI=1S/C19H15ClN4O4S/c1-11-5-7-14(8-6-11)29(27,28)23-17-18-21-15(12-3-2-4-13(20)9-12)10-16(25)24(18)22-19(17)26/h2-10,21,23H,1H3,(H,22,26). The molecule has 0 radical (unpaired) electrons. The average molecular weight is 431 g/mol. The van der Waals surface area contributed by atoms with Gasteiger partial charge in [0, 0.05) is 11.1 Å². The fourth-order valence-corrected chi connectivity index (χ4v) is 4.15. The van der Waals surface area contributed by atoms with Crippen molar-refractivity contribution in [3.63, 3.8) is 0 Å². The minimum Gasteiger partial charge on any atom is -0.338 e. The molecule has 29 heavy (non-hydrogen) atoms. The van der Waals surface area contributed by atoms with Gasteiger partial charge in [-0.05, 0) is 36.8 Å². The molecule has 0 saturated heterocycles. The first-order valence-corrected chi connectivity index (χ1v) is 10.3. The van der Waals surface area contributed by atoms with Gasteiger partial charge in [-0.2, -0.15) is 4.52 Å². The first-order chi connectivity index (χ1) is 13.7. The van der Waals surface area contributed by atoms with Crippen molar-refractivity contribution in [2.24, 2.45) is 0 Å². The molecule has 4 rings (SSSR count). The Morgan fingerprint density at radius 2 is 1.76 bits per heavy atom. The maximum absolute atomic E-state index is 12.7. The van der Waals surface area contributed by atoms with E-state index in [0.29, 0.717) is 16.3 Å². The number of aromatic amines is 2. The van der Waals surface area contributed by atoms with Crippen LogP contribution in [-0.2, 0) is 10.0 Å². The van der Waals surface area contributed by atoms with Crippen LogP contribution in [0.3, 0.4) is 0 Å². The molecule has 10 heteroatoms. The van der Waals surface area contributed by atoms with Gasteiger partial charge in [0.05, 0.1) is 10.6 Å². The summed E-state index contributed by atoms with van der Waals surface area (Å²) in [5.74, 6) is 0. The molecule has 2 heterocycles. The van der Waals surface area contributed by atoms with Crippen LogP contribution in [0.5, 0.6) is 0 Å². The molecule has 8 nitrogen and oxygen atoms in total. The Morgan fingerprint density at radius 1 is 1.03 bits per heavy atom. The molecule has 3 N–H and O–H groups in total. The SMILES string of the molecule is Cc1ccc(S(=O)(=O)Nc2c(=O)[nH]n3c(=O)cc(-c4cccc(Cl)c4)[nH]c23)cc1. The lowest BCUT2D eigenvalue weighted by Crippen LogP contribution is -2.17. The quantitative estimate of drug-likeness (QED) is 0.461. The fraction of sp³-hybridized carbons (Fsp3) is 0.0526. The summed E-state index contributed by atoms with van der Waals surface area (Å²) in [6.45, 7) is 1.83. The second-order valence-corrected chi connectivity index (χ2v) is 8.57. The van der Waals surface area contributed by atoms with E-state index in [9.17, 15) is 18.0 Å². The van der Waals surface area contributed by atoms with Gasteiger partial charge >= 0.3 is 0 Å². The van der Waals surface area contributed by atoms with Gasteiger partial charge in [-0.15, -0.1) is 0 Å². The summed E-state index contributed by atoms with van der Waals surface area (Å²) in [5.41, 5.74) is 0.306. The highest BCUT2D eigenvalue weighted by molar-refractivity contribution is 7.92. The number of benzene rings is 2. The summed E-state index contributed by atoms with van der Waals surface area (Å²) in [6, 6.07) is 14.2. The van der Waals surface area contributed by atoms with E-state index in [1.807, 2.05) is 6.92 Å². The Labute approximate surface area is 169 Å². The van der Waals surface area contributed by atoms with Gasteiger partial charge in [-0.25, -0.2) is 8.42 Å². The molecule has 0 fully saturated rings. The second kappa shape index (κ2) is 6.94. The van der Waals surface area contributed by atoms with E-state index in [1.54, 1.807) is 36.4 Å². The third kappa shape index (κ3) is 3.57. The minimum atomic E-state index is -4.04. The Kier molecular flexibility index (Phi) is 4.56. The molecule has 4 aromatic rings. The number of fused-ring (bicyclic) bond motifs is 1. The summed E-state index contributed by atoms with van der Waals surface area (Å²) in [5, 5.41) is 2.80. The maximum atomic E-state index is 12.7. The number of hydrogen-bond donors (Lipinski definition) is 3. The third-order valence-corrected chi connectivity index (χ3v) is 5.95. The molecular formula is C19H15ClN4O4S. The first-order valence-electron chi connectivity index (χ1n) is 8.48. The van der Waals surface area contributed by atoms with Gasteiger partial charge in [0.15, 0.2) is 11.3 Å². The van der Waals surface area contributed by atoms with Gasteiger partial charge in [-0.1, -0.05) is 41.4 Å². The molecular weight excluding hydrogens is 416 g/mol. The molecule has 2 aromatic heterocycles. The highest BCUT2D eigenvalue weighted by Gasteiger charge is 2.21. The Hall–Kier alpha value is -3.30.